The smallest absolute Gasteiger partial charge is 0.214 e. The fraction of sp³-hybridized carbons (Fsp3) is 0.647. The third-order valence-electron chi connectivity index (χ3n) is 5.73. The first-order valence-electron chi connectivity index (χ1n) is 9.04. The number of rotatable bonds is 6. The van der Waals surface area contributed by atoms with Gasteiger partial charge in [-0.25, -0.2) is 22.8 Å². The lowest BCUT2D eigenvalue weighted by atomic mass is 9.81. The molecule has 3 heterocycles. The maximum atomic E-state index is 13.8. The van der Waals surface area contributed by atoms with Gasteiger partial charge in [0, 0.05) is 39.5 Å². The number of halogens is 1. The highest BCUT2D eigenvalue weighted by atomic mass is 32.2. The van der Waals surface area contributed by atoms with Gasteiger partial charge in [-0.2, -0.15) is 4.31 Å². The molecule has 1 N–H and O–H groups in total. The summed E-state index contributed by atoms with van der Waals surface area (Å²) in [5.74, 6) is 0.977. The predicted octanol–water partition coefficient (Wildman–Crippen LogP) is 1.17. The predicted molar refractivity (Wildman–Crippen MR) is 99.9 cm³/mol. The molecule has 0 aromatic carbocycles. The van der Waals surface area contributed by atoms with Gasteiger partial charge in [0.1, 0.15) is 30.1 Å². The Balaban J connectivity index is 1.36. The Bertz CT molecular complexity index is 914. The van der Waals surface area contributed by atoms with Gasteiger partial charge in [0.2, 0.25) is 10.0 Å². The SMILES string of the molecule is CO[C@@H]1CN(S(=O)(=O)CC2CC(N(C)c3ncnc4[nH]ccc34)C2)C[C@H]1F. The second-order valence-corrected chi connectivity index (χ2v) is 9.44. The number of H-pyrrole nitrogens is 1. The van der Waals surface area contributed by atoms with Gasteiger partial charge in [0.15, 0.2) is 0 Å². The molecule has 0 unspecified atom stereocenters. The van der Waals surface area contributed by atoms with Gasteiger partial charge in [-0.05, 0) is 24.8 Å². The highest BCUT2D eigenvalue weighted by Gasteiger charge is 2.42. The lowest BCUT2D eigenvalue weighted by Gasteiger charge is -2.42. The summed E-state index contributed by atoms with van der Waals surface area (Å²) in [5.41, 5.74) is 0.785. The Labute approximate surface area is 157 Å². The number of methoxy groups -OCH3 is 1. The number of hydrogen-bond acceptors (Lipinski definition) is 6. The van der Waals surface area contributed by atoms with Crippen molar-refractivity contribution in [2.45, 2.75) is 31.2 Å². The van der Waals surface area contributed by atoms with Crippen LogP contribution in [0.4, 0.5) is 10.2 Å². The number of aromatic nitrogens is 3. The van der Waals surface area contributed by atoms with Crippen molar-refractivity contribution >= 4 is 26.9 Å². The molecule has 8 nitrogen and oxygen atoms in total. The molecule has 10 heteroatoms. The summed E-state index contributed by atoms with van der Waals surface area (Å²) in [5, 5.41) is 0.952. The number of nitrogens with one attached hydrogen (secondary N) is 1. The molecule has 2 fully saturated rings. The van der Waals surface area contributed by atoms with Crippen molar-refractivity contribution in [3.8, 4) is 0 Å². The van der Waals surface area contributed by atoms with Crippen LogP contribution >= 0.6 is 0 Å². The van der Waals surface area contributed by atoms with Crippen molar-refractivity contribution < 1.29 is 17.5 Å². The first-order valence-corrected chi connectivity index (χ1v) is 10.7. The van der Waals surface area contributed by atoms with Crippen LogP contribution in [0.3, 0.4) is 0 Å². The third-order valence-corrected chi connectivity index (χ3v) is 7.71. The first-order chi connectivity index (χ1) is 12.9. The van der Waals surface area contributed by atoms with E-state index in [-0.39, 0.29) is 30.8 Å². The molecule has 1 saturated heterocycles. The average molecular weight is 397 g/mol. The van der Waals surface area contributed by atoms with Crippen LogP contribution in [0.1, 0.15) is 12.8 Å². The van der Waals surface area contributed by atoms with Crippen LogP contribution in [0, 0.1) is 5.92 Å². The Kier molecular flexibility index (Phi) is 4.81. The lowest BCUT2D eigenvalue weighted by molar-refractivity contribution is 0.0637. The highest BCUT2D eigenvalue weighted by molar-refractivity contribution is 7.89. The van der Waals surface area contributed by atoms with E-state index in [1.807, 2.05) is 19.3 Å². The number of alkyl halides is 1. The number of anilines is 1. The molecule has 4 rings (SSSR count). The maximum Gasteiger partial charge on any atom is 0.214 e. The van der Waals surface area contributed by atoms with E-state index in [1.165, 1.54) is 17.7 Å². The summed E-state index contributed by atoms with van der Waals surface area (Å²) in [4.78, 5) is 13.7. The van der Waals surface area contributed by atoms with Gasteiger partial charge in [-0.1, -0.05) is 0 Å². The van der Waals surface area contributed by atoms with E-state index in [2.05, 4.69) is 19.9 Å². The molecule has 1 saturated carbocycles. The van der Waals surface area contributed by atoms with Crippen LogP contribution in [0.25, 0.3) is 11.0 Å². The number of ether oxygens (including phenoxy) is 1. The number of fused-ring (bicyclic) bond motifs is 1. The zero-order valence-corrected chi connectivity index (χ0v) is 16.2. The van der Waals surface area contributed by atoms with E-state index in [4.69, 9.17) is 4.74 Å². The van der Waals surface area contributed by atoms with Gasteiger partial charge in [-0.15, -0.1) is 0 Å². The normalized spacial score (nSPS) is 29.1. The Morgan fingerprint density at radius 3 is 2.85 bits per heavy atom. The quantitative estimate of drug-likeness (QED) is 0.787. The lowest BCUT2D eigenvalue weighted by Crippen LogP contribution is -2.47. The van der Waals surface area contributed by atoms with Crippen LogP contribution in [0.5, 0.6) is 0 Å². The van der Waals surface area contributed by atoms with E-state index in [1.54, 1.807) is 0 Å². The Morgan fingerprint density at radius 1 is 1.37 bits per heavy atom. The summed E-state index contributed by atoms with van der Waals surface area (Å²) in [6, 6.07) is 2.17. The van der Waals surface area contributed by atoms with Crippen molar-refractivity contribution in [3.63, 3.8) is 0 Å². The third kappa shape index (κ3) is 3.41. The molecular weight excluding hydrogens is 373 g/mol. The van der Waals surface area contributed by atoms with Crippen LogP contribution in [0.2, 0.25) is 0 Å². The molecule has 2 aliphatic rings. The zero-order chi connectivity index (χ0) is 19.2. The van der Waals surface area contributed by atoms with Gasteiger partial charge < -0.3 is 14.6 Å². The minimum absolute atomic E-state index is 0.0594. The fourth-order valence-corrected chi connectivity index (χ4v) is 5.84. The van der Waals surface area contributed by atoms with Crippen molar-refractivity contribution in [1.29, 1.82) is 0 Å². The van der Waals surface area contributed by atoms with Crippen molar-refractivity contribution in [3.05, 3.63) is 18.6 Å². The van der Waals surface area contributed by atoms with E-state index in [0.717, 1.165) is 29.7 Å². The monoisotopic (exact) mass is 397 g/mol. The Hall–Kier alpha value is -1.78. The molecule has 1 aliphatic carbocycles. The zero-order valence-electron chi connectivity index (χ0n) is 15.4. The second kappa shape index (κ2) is 6.99. The number of aromatic amines is 1. The van der Waals surface area contributed by atoms with E-state index >= 15 is 0 Å². The van der Waals surface area contributed by atoms with Crippen molar-refractivity contribution in [1.82, 2.24) is 19.3 Å². The summed E-state index contributed by atoms with van der Waals surface area (Å²) < 4.78 is 45.2. The van der Waals surface area contributed by atoms with E-state index in [0.29, 0.717) is 0 Å². The van der Waals surface area contributed by atoms with Crippen LogP contribution in [-0.4, -0.2) is 79.0 Å². The molecule has 0 radical (unpaired) electrons. The molecule has 0 bridgehead atoms. The van der Waals surface area contributed by atoms with Crippen LogP contribution < -0.4 is 4.90 Å². The molecule has 2 aromatic rings. The average Bonchev–Trinajstić information content (AvgIpc) is 3.23. The summed E-state index contributed by atoms with van der Waals surface area (Å²) in [6.07, 6.45) is 2.97. The van der Waals surface area contributed by atoms with Gasteiger partial charge in [-0.3, -0.25) is 0 Å². The molecule has 1 aliphatic heterocycles. The summed E-state index contributed by atoms with van der Waals surface area (Å²) >= 11 is 0. The fourth-order valence-electron chi connectivity index (χ4n) is 4.02. The second-order valence-electron chi connectivity index (χ2n) is 7.43. The van der Waals surface area contributed by atoms with Crippen LogP contribution in [0.15, 0.2) is 18.6 Å². The minimum Gasteiger partial charge on any atom is -0.377 e. The van der Waals surface area contributed by atoms with Crippen molar-refractivity contribution in [2.75, 3.05) is 37.9 Å². The molecule has 148 valence electrons. The highest BCUT2D eigenvalue weighted by Crippen LogP contribution is 2.36. The largest absolute Gasteiger partial charge is 0.377 e. The first kappa shape index (κ1) is 18.6. The van der Waals surface area contributed by atoms with E-state index < -0.39 is 22.3 Å². The van der Waals surface area contributed by atoms with Crippen LogP contribution in [-0.2, 0) is 14.8 Å². The molecule has 27 heavy (non-hydrogen) atoms. The van der Waals surface area contributed by atoms with Gasteiger partial charge >= 0.3 is 0 Å². The van der Waals surface area contributed by atoms with Crippen molar-refractivity contribution in [2.24, 2.45) is 5.92 Å². The molecule has 2 aromatic heterocycles. The van der Waals surface area contributed by atoms with Gasteiger partial charge in [0.25, 0.3) is 0 Å². The van der Waals surface area contributed by atoms with E-state index in [9.17, 15) is 12.8 Å². The number of nitrogens with zero attached hydrogens (tertiary/aromatic N) is 4. The standard InChI is InChI=1S/C17H24FN5O3S/c1-22(17-13-3-4-19-16(13)20-10-21-17)12-5-11(6-12)9-27(24,25)23-7-14(18)15(8-23)26-2/h3-4,10-12,14-15H,5-9H2,1-2H3,(H,19,20,21)/t11?,12?,14-,15-/m1/s1. The maximum absolute atomic E-state index is 13.8. The topological polar surface area (TPSA) is 91.4 Å². The molecule has 0 amide bonds. The molecular formula is C17H24FN5O3S. The summed E-state index contributed by atoms with van der Waals surface area (Å²) in [7, 11) is -0.0865. The minimum atomic E-state index is -3.47. The number of hydrogen-bond donors (Lipinski definition) is 1. The van der Waals surface area contributed by atoms with Gasteiger partial charge in [0.05, 0.1) is 11.1 Å². The number of sulfonamides is 1. The molecule has 0 spiro atoms. The Morgan fingerprint density at radius 2 is 2.15 bits per heavy atom. The molecule has 2 atom stereocenters. The summed E-state index contributed by atoms with van der Waals surface area (Å²) in [6.45, 7) is -0.00818.